The van der Waals surface area contributed by atoms with Gasteiger partial charge in [-0.25, -0.2) is 0 Å². The highest BCUT2D eigenvalue weighted by atomic mass is 16.5. The molecular weight excluding hydrogens is 266 g/mol. The van der Waals surface area contributed by atoms with Crippen molar-refractivity contribution in [3.63, 3.8) is 0 Å². The summed E-state index contributed by atoms with van der Waals surface area (Å²) in [7, 11) is 4.92. The molecule has 0 saturated heterocycles. The Hall–Kier alpha value is -1.10. The van der Waals surface area contributed by atoms with E-state index in [-0.39, 0.29) is 10.6 Å². The topological polar surface area (TPSA) is 52.5 Å². The molecule has 118 valence electrons. The third-order valence-electron chi connectivity index (χ3n) is 4.51. The number of nitrogens with zero attached hydrogens (tertiary/aromatic N) is 1. The van der Waals surface area contributed by atoms with Gasteiger partial charge in [0.05, 0.1) is 39.3 Å². The van der Waals surface area contributed by atoms with Crippen molar-refractivity contribution in [3.8, 4) is 5.75 Å². The second kappa shape index (κ2) is 6.34. The van der Waals surface area contributed by atoms with Gasteiger partial charge in [0.1, 0.15) is 5.75 Å². The van der Waals surface area contributed by atoms with E-state index in [1.165, 1.54) is 6.42 Å². The van der Waals surface area contributed by atoms with Crippen LogP contribution in [0.25, 0.3) is 0 Å². The Kier molecular flexibility index (Phi) is 4.91. The lowest BCUT2D eigenvalue weighted by Crippen LogP contribution is -2.47. The van der Waals surface area contributed by atoms with Gasteiger partial charge in [-0.3, -0.25) is 0 Å². The fourth-order valence-electron chi connectivity index (χ4n) is 3.37. The molecule has 1 saturated carbocycles. The molecule has 1 unspecified atom stereocenters. The van der Waals surface area contributed by atoms with Crippen molar-refractivity contribution in [3.05, 3.63) is 35.0 Å². The molecule has 1 fully saturated rings. The number of aliphatic hydroxyl groups is 1. The number of benzene rings is 1. The number of quaternary nitrogens is 1. The molecule has 0 heterocycles. The molecule has 0 aliphatic heterocycles. The van der Waals surface area contributed by atoms with Crippen molar-refractivity contribution in [2.24, 2.45) is 0 Å². The second-order valence-electron chi connectivity index (χ2n) is 6.75. The summed E-state index contributed by atoms with van der Waals surface area (Å²) in [4.78, 5) is 0. The summed E-state index contributed by atoms with van der Waals surface area (Å²) >= 11 is 0. The summed E-state index contributed by atoms with van der Waals surface area (Å²) in [5.74, 6) is 0.667. The normalized spacial score (nSPS) is 20.0. The molecule has 0 bridgehead atoms. The van der Waals surface area contributed by atoms with E-state index in [0.717, 1.165) is 37.0 Å². The number of hydroxylamine groups is 3. The van der Waals surface area contributed by atoms with Crippen molar-refractivity contribution >= 4 is 0 Å². The predicted molar refractivity (Wildman–Crippen MR) is 84.1 cm³/mol. The average molecular weight is 293 g/mol. The van der Waals surface area contributed by atoms with Gasteiger partial charge in [-0.15, -0.1) is 0 Å². The van der Waals surface area contributed by atoms with Crippen molar-refractivity contribution in [2.45, 2.75) is 43.6 Å². The largest absolute Gasteiger partial charge is 0.633 e. The molecule has 0 amide bonds. The van der Waals surface area contributed by atoms with Crippen LogP contribution in [-0.4, -0.2) is 43.1 Å². The molecule has 21 heavy (non-hydrogen) atoms. The number of hydrogen-bond acceptors (Lipinski definition) is 3. The smallest absolute Gasteiger partial charge is 0.118 e. The highest BCUT2D eigenvalue weighted by molar-refractivity contribution is 5.31. The van der Waals surface area contributed by atoms with Crippen LogP contribution < -0.4 is 4.74 Å². The maximum atomic E-state index is 12.2. The number of rotatable bonds is 5. The lowest BCUT2D eigenvalue weighted by Gasteiger charge is -2.45. The Labute approximate surface area is 127 Å². The van der Waals surface area contributed by atoms with E-state index in [0.29, 0.717) is 6.54 Å². The Morgan fingerprint density at radius 2 is 1.76 bits per heavy atom. The van der Waals surface area contributed by atoms with Gasteiger partial charge in [-0.2, -0.15) is 0 Å². The lowest BCUT2D eigenvalue weighted by atomic mass is 9.72. The van der Waals surface area contributed by atoms with E-state index >= 15 is 0 Å². The Morgan fingerprint density at radius 1 is 1.19 bits per heavy atom. The second-order valence-corrected chi connectivity index (χ2v) is 6.75. The first-order valence-corrected chi connectivity index (χ1v) is 7.74. The van der Waals surface area contributed by atoms with Gasteiger partial charge >= 0.3 is 0 Å². The zero-order valence-corrected chi connectivity index (χ0v) is 13.3. The number of hydrogen-bond donors (Lipinski definition) is 1. The molecule has 1 aliphatic carbocycles. The molecule has 1 N–H and O–H groups in total. The van der Waals surface area contributed by atoms with E-state index in [9.17, 15) is 10.3 Å². The van der Waals surface area contributed by atoms with Crippen LogP contribution in [0.2, 0.25) is 0 Å². The number of methoxy groups -OCH3 is 1. The van der Waals surface area contributed by atoms with Gasteiger partial charge in [0.25, 0.3) is 0 Å². The molecule has 0 aromatic heterocycles. The average Bonchev–Trinajstić information content (AvgIpc) is 2.45. The fraction of sp³-hybridized carbons (Fsp3) is 0.647. The Morgan fingerprint density at radius 3 is 2.24 bits per heavy atom. The molecule has 4 nitrogen and oxygen atoms in total. The van der Waals surface area contributed by atoms with Gasteiger partial charge in [-0.1, -0.05) is 31.4 Å². The van der Waals surface area contributed by atoms with E-state index in [1.807, 2.05) is 24.3 Å². The van der Waals surface area contributed by atoms with Crippen LogP contribution in [0.4, 0.5) is 0 Å². The molecular formula is C17H27NO3. The molecule has 2 rings (SSSR count). The monoisotopic (exact) mass is 293 g/mol. The Balaban J connectivity index is 2.30. The van der Waals surface area contributed by atoms with E-state index in [4.69, 9.17) is 4.74 Å². The first-order valence-electron chi connectivity index (χ1n) is 7.74. The minimum atomic E-state index is -0.757. The number of ether oxygens (including phenoxy) is 1. The molecule has 1 atom stereocenters. The fourth-order valence-corrected chi connectivity index (χ4v) is 3.37. The molecule has 0 radical (unpaired) electrons. The zero-order chi connectivity index (χ0) is 15.5. The van der Waals surface area contributed by atoms with E-state index in [1.54, 1.807) is 21.2 Å². The van der Waals surface area contributed by atoms with E-state index < -0.39 is 5.60 Å². The van der Waals surface area contributed by atoms with Crippen molar-refractivity contribution in [1.29, 1.82) is 0 Å². The van der Waals surface area contributed by atoms with Gasteiger partial charge in [0, 0.05) is 0 Å². The summed E-state index contributed by atoms with van der Waals surface area (Å²) in [5.41, 5.74) is 0.273. The summed E-state index contributed by atoms with van der Waals surface area (Å²) in [6, 6.07) is 7.76. The molecule has 1 aromatic rings. The van der Waals surface area contributed by atoms with Crippen LogP contribution in [0.3, 0.4) is 0 Å². The minimum absolute atomic E-state index is 0.129. The highest BCUT2D eigenvalue weighted by Gasteiger charge is 2.40. The predicted octanol–water partition coefficient (Wildman–Crippen LogP) is 3.05. The maximum Gasteiger partial charge on any atom is 0.118 e. The van der Waals surface area contributed by atoms with Gasteiger partial charge < -0.3 is 19.7 Å². The third kappa shape index (κ3) is 4.19. The standard InChI is InChI=1S/C17H27NO3/c1-18(2,20)13-16(17(19)11-5-4-6-12-17)14-7-9-15(21-3)10-8-14/h7-10,16,19H,4-6,11-13H2,1-3H3. The third-order valence-corrected chi connectivity index (χ3v) is 4.51. The number of likely N-dealkylation sites (N-methyl/N-ethyl adjacent to an activating group) is 1. The first kappa shape index (κ1) is 16.3. The van der Waals surface area contributed by atoms with Gasteiger partial charge in [0.15, 0.2) is 0 Å². The first-order chi connectivity index (χ1) is 9.84. The van der Waals surface area contributed by atoms with Gasteiger partial charge in [-0.05, 0) is 30.5 Å². The van der Waals surface area contributed by atoms with Crippen molar-refractivity contribution < 1.29 is 14.5 Å². The summed E-state index contributed by atoms with van der Waals surface area (Å²) in [6.07, 6.45) is 4.81. The van der Waals surface area contributed by atoms with Crippen molar-refractivity contribution in [2.75, 3.05) is 27.7 Å². The minimum Gasteiger partial charge on any atom is -0.633 e. The summed E-state index contributed by atoms with van der Waals surface area (Å²) in [6.45, 7) is 0.392. The van der Waals surface area contributed by atoms with Crippen LogP contribution in [0.15, 0.2) is 24.3 Å². The molecule has 1 aliphatic rings. The highest BCUT2D eigenvalue weighted by Crippen LogP contribution is 2.41. The maximum absolute atomic E-state index is 12.2. The lowest BCUT2D eigenvalue weighted by molar-refractivity contribution is -0.842. The molecule has 0 spiro atoms. The summed E-state index contributed by atoms with van der Waals surface area (Å²) in [5, 5.41) is 23.3. The Bertz CT molecular complexity index is 444. The van der Waals surface area contributed by atoms with E-state index in [2.05, 4.69) is 0 Å². The molecule has 4 heteroatoms. The zero-order valence-electron chi connectivity index (χ0n) is 13.3. The quantitative estimate of drug-likeness (QED) is 0.670. The SMILES string of the molecule is COc1ccc(C(C[N+](C)(C)[O-])C2(O)CCCCC2)cc1. The van der Waals surface area contributed by atoms with Crippen LogP contribution in [0.5, 0.6) is 5.75 Å². The molecule has 1 aromatic carbocycles. The van der Waals surface area contributed by atoms with Crippen LogP contribution >= 0.6 is 0 Å². The summed E-state index contributed by atoms with van der Waals surface area (Å²) < 4.78 is 4.80. The van der Waals surface area contributed by atoms with Crippen molar-refractivity contribution in [1.82, 2.24) is 0 Å². The van der Waals surface area contributed by atoms with Crippen LogP contribution in [0, 0.1) is 5.21 Å². The van der Waals surface area contributed by atoms with Crippen LogP contribution in [0.1, 0.15) is 43.6 Å². The van der Waals surface area contributed by atoms with Gasteiger partial charge in [0.2, 0.25) is 0 Å². The van der Waals surface area contributed by atoms with Crippen LogP contribution in [-0.2, 0) is 0 Å².